The minimum Gasteiger partial charge on any atom is -0.497 e. The lowest BCUT2D eigenvalue weighted by Gasteiger charge is -2.22. The SMILES string of the molecule is CN=C(NCCCc1nn(-c2ccccc2)c(N)c1C#N)N(C)Cc1ccc(OC)cc1.I. The number of methoxy groups -OCH3 is 1. The predicted octanol–water partition coefficient (Wildman–Crippen LogP) is 3.59. The molecule has 3 N–H and O–H groups in total. The smallest absolute Gasteiger partial charge is 0.193 e. The van der Waals surface area contributed by atoms with Gasteiger partial charge in [0.1, 0.15) is 23.2 Å². The van der Waals surface area contributed by atoms with Gasteiger partial charge in [0.2, 0.25) is 0 Å². The lowest BCUT2D eigenvalue weighted by Crippen LogP contribution is -2.39. The quantitative estimate of drug-likeness (QED) is 0.189. The van der Waals surface area contributed by atoms with E-state index in [0.29, 0.717) is 30.0 Å². The summed E-state index contributed by atoms with van der Waals surface area (Å²) in [6.45, 7) is 1.42. The standard InChI is InChI=1S/C24H29N7O.HI/c1-27-24(30(2)17-18-11-13-20(32-3)14-12-18)28-15-7-10-22-21(16-25)23(26)31(29-22)19-8-5-4-6-9-19;/h4-6,8-9,11-14H,7,10,15,17,26H2,1-3H3,(H,27,28);1H. The first-order valence-corrected chi connectivity index (χ1v) is 10.4. The number of guanidine groups is 1. The number of aromatic nitrogens is 2. The number of hydrogen-bond acceptors (Lipinski definition) is 5. The van der Waals surface area contributed by atoms with E-state index in [1.54, 1.807) is 18.8 Å². The van der Waals surface area contributed by atoms with Crippen LogP contribution in [0, 0.1) is 11.3 Å². The van der Waals surface area contributed by atoms with Crippen LogP contribution in [-0.2, 0) is 13.0 Å². The van der Waals surface area contributed by atoms with Crippen LogP contribution in [0.5, 0.6) is 5.75 Å². The average Bonchev–Trinajstić information content (AvgIpc) is 3.15. The van der Waals surface area contributed by atoms with Crippen molar-refractivity contribution in [2.45, 2.75) is 19.4 Å². The van der Waals surface area contributed by atoms with E-state index in [4.69, 9.17) is 10.5 Å². The third kappa shape index (κ3) is 6.61. The molecule has 8 nitrogen and oxygen atoms in total. The molecule has 174 valence electrons. The second-order valence-electron chi connectivity index (χ2n) is 7.35. The highest BCUT2D eigenvalue weighted by Gasteiger charge is 2.16. The molecule has 3 rings (SSSR count). The molecule has 0 unspecified atom stereocenters. The first-order valence-electron chi connectivity index (χ1n) is 10.4. The summed E-state index contributed by atoms with van der Waals surface area (Å²) in [5, 5.41) is 17.5. The summed E-state index contributed by atoms with van der Waals surface area (Å²) in [4.78, 5) is 6.43. The van der Waals surface area contributed by atoms with Crippen LogP contribution in [-0.4, -0.2) is 48.4 Å². The van der Waals surface area contributed by atoms with Crippen molar-refractivity contribution in [1.82, 2.24) is 20.0 Å². The summed E-state index contributed by atoms with van der Waals surface area (Å²) in [5.41, 5.74) is 9.33. The average molecular weight is 559 g/mol. The molecule has 0 saturated carbocycles. The number of hydrogen-bond donors (Lipinski definition) is 2. The maximum atomic E-state index is 9.56. The van der Waals surface area contributed by atoms with Crippen LogP contribution in [0.1, 0.15) is 23.2 Å². The first-order chi connectivity index (χ1) is 15.6. The summed E-state index contributed by atoms with van der Waals surface area (Å²) in [6.07, 6.45) is 1.43. The van der Waals surface area contributed by atoms with Gasteiger partial charge in [0, 0.05) is 27.2 Å². The molecule has 0 saturated heterocycles. The lowest BCUT2D eigenvalue weighted by atomic mass is 10.1. The molecule has 33 heavy (non-hydrogen) atoms. The molecule has 0 radical (unpaired) electrons. The third-order valence-corrected chi connectivity index (χ3v) is 5.13. The zero-order valence-corrected chi connectivity index (χ0v) is 21.5. The summed E-state index contributed by atoms with van der Waals surface area (Å²) < 4.78 is 6.84. The second kappa shape index (κ2) is 12.7. The van der Waals surface area contributed by atoms with Crippen LogP contribution in [0.25, 0.3) is 5.69 Å². The molecule has 1 heterocycles. The van der Waals surface area contributed by atoms with E-state index in [9.17, 15) is 5.26 Å². The van der Waals surface area contributed by atoms with Crippen LogP contribution in [0.15, 0.2) is 59.6 Å². The molecule has 3 aromatic rings. The summed E-state index contributed by atoms with van der Waals surface area (Å²) in [5.74, 6) is 2.01. The molecule has 0 amide bonds. The number of anilines is 1. The fourth-order valence-corrected chi connectivity index (χ4v) is 3.46. The number of nitriles is 1. The van der Waals surface area contributed by atoms with Crippen molar-refractivity contribution in [2.24, 2.45) is 4.99 Å². The number of nitrogens with two attached hydrogens (primary N) is 1. The van der Waals surface area contributed by atoms with Crippen molar-refractivity contribution in [3.05, 3.63) is 71.4 Å². The van der Waals surface area contributed by atoms with Gasteiger partial charge in [0.25, 0.3) is 0 Å². The van der Waals surface area contributed by atoms with E-state index in [-0.39, 0.29) is 24.0 Å². The monoisotopic (exact) mass is 559 g/mol. The fourth-order valence-electron chi connectivity index (χ4n) is 3.46. The van der Waals surface area contributed by atoms with Crippen molar-refractivity contribution >= 4 is 35.8 Å². The molecule has 1 aromatic heterocycles. The van der Waals surface area contributed by atoms with Crippen LogP contribution in [0.4, 0.5) is 5.82 Å². The molecule has 9 heteroatoms. The molecule has 0 spiro atoms. The number of nitrogens with one attached hydrogen (secondary N) is 1. The van der Waals surface area contributed by atoms with Crippen LogP contribution >= 0.6 is 24.0 Å². The Bertz CT molecular complexity index is 1090. The molecular formula is C24H30IN7O. The number of halogens is 1. The van der Waals surface area contributed by atoms with Crippen molar-refractivity contribution in [3.8, 4) is 17.5 Å². The Balaban J connectivity index is 0.00000385. The van der Waals surface area contributed by atoms with Crippen LogP contribution in [0.3, 0.4) is 0 Å². The van der Waals surface area contributed by atoms with Gasteiger partial charge in [-0.2, -0.15) is 10.4 Å². The predicted molar refractivity (Wildman–Crippen MR) is 142 cm³/mol. The fraction of sp³-hybridized carbons (Fsp3) is 0.292. The zero-order valence-electron chi connectivity index (χ0n) is 19.2. The number of nitrogen functional groups attached to an aromatic ring is 1. The third-order valence-electron chi connectivity index (χ3n) is 5.13. The minimum atomic E-state index is 0. The van der Waals surface area contributed by atoms with Crippen LogP contribution < -0.4 is 15.8 Å². The minimum absolute atomic E-state index is 0. The molecular weight excluding hydrogens is 529 g/mol. The molecule has 0 aliphatic heterocycles. The van der Waals surface area contributed by atoms with Gasteiger partial charge in [-0.15, -0.1) is 24.0 Å². The van der Waals surface area contributed by atoms with Crippen LogP contribution in [0.2, 0.25) is 0 Å². The largest absolute Gasteiger partial charge is 0.497 e. The van der Waals surface area contributed by atoms with E-state index in [1.165, 1.54) is 0 Å². The Morgan fingerprint density at radius 1 is 1.21 bits per heavy atom. The Hall–Kier alpha value is -3.26. The van der Waals surface area contributed by atoms with Gasteiger partial charge in [0.05, 0.1) is 18.5 Å². The van der Waals surface area contributed by atoms with Gasteiger partial charge in [-0.1, -0.05) is 30.3 Å². The molecule has 0 aliphatic carbocycles. The normalized spacial score (nSPS) is 10.8. The van der Waals surface area contributed by atoms with Gasteiger partial charge >= 0.3 is 0 Å². The van der Waals surface area contributed by atoms with Gasteiger partial charge in [-0.05, 0) is 42.7 Å². The molecule has 0 atom stereocenters. The molecule has 0 fully saturated rings. The zero-order chi connectivity index (χ0) is 22.9. The Kier molecular flexibility index (Phi) is 10.00. The highest BCUT2D eigenvalue weighted by molar-refractivity contribution is 14.0. The number of rotatable bonds is 8. The molecule has 0 bridgehead atoms. The van der Waals surface area contributed by atoms with Gasteiger partial charge in [-0.25, -0.2) is 4.68 Å². The molecule has 2 aromatic carbocycles. The van der Waals surface area contributed by atoms with Crippen molar-refractivity contribution in [3.63, 3.8) is 0 Å². The Morgan fingerprint density at radius 2 is 1.91 bits per heavy atom. The first kappa shape index (κ1) is 26.0. The Morgan fingerprint density at radius 3 is 2.52 bits per heavy atom. The maximum absolute atomic E-state index is 9.56. The number of aliphatic imine (C=N–C) groups is 1. The summed E-state index contributed by atoms with van der Waals surface area (Å²) in [6, 6.07) is 19.8. The maximum Gasteiger partial charge on any atom is 0.193 e. The number of para-hydroxylation sites is 1. The second-order valence-corrected chi connectivity index (χ2v) is 7.35. The van der Waals surface area contributed by atoms with Gasteiger partial charge < -0.3 is 20.7 Å². The lowest BCUT2D eigenvalue weighted by molar-refractivity contribution is 0.414. The number of benzene rings is 2. The van der Waals surface area contributed by atoms with E-state index >= 15 is 0 Å². The van der Waals surface area contributed by atoms with Crippen molar-refractivity contribution < 1.29 is 4.74 Å². The highest BCUT2D eigenvalue weighted by atomic mass is 127. The highest BCUT2D eigenvalue weighted by Crippen LogP contribution is 2.21. The van der Waals surface area contributed by atoms with E-state index in [0.717, 1.165) is 35.9 Å². The number of nitrogens with zero attached hydrogens (tertiary/aromatic N) is 5. The van der Waals surface area contributed by atoms with Crippen molar-refractivity contribution in [2.75, 3.05) is 33.5 Å². The van der Waals surface area contributed by atoms with E-state index < -0.39 is 0 Å². The van der Waals surface area contributed by atoms with Gasteiger partial charge in [0.15, 0.2) is 5.96 Å². The molecule has 0 aliphatic rings. The van der Waals surface area contributed by atoms with E-state index in [1.807, 2.05) is 61.6 Å². The number of ether oxygens (including phenoxy) is 1. The summed E-state index contributed by atoms with van der Waals surface area (Å²) >= 11 is 0. The topological polar surface area (TPSA) is 104 Å². The van der Waals surface area contributed by atoms with Gasteiger partial charge in [-0.3, -0.25) is 4.99 Å². The Labute approximate surface area is 212 Å². The summed E-state index contributed by atoms with van der Waals surface area (Å²) in [7, 11) is 5.42. The van der Waals surface area contributed by atoms with Crippen molar-refractivity contribution in [1.29, 1.82) is 5.26 Å². The van der Waals surface area contributed by atoms with E-state index in [2.05, 4.69) is 26.4 Å². The number of aryl methyl sites for hydroxylation is 1.